The lowest BCUT2D eigenvalue weighted by Crippen LogP contribution is -2.49. The van der Waals surface area contributed by atoms with Gasteiger partial charge in [-0.1, -0.05) is 76.2 Å². The van der Waals surface area contributed by atoms with Gasteiger partial charge in [-0.3, -0.25) is 9.59 Å². The fourth-order valence-corrected chi connectivity index (χ4v) is 3.65. The Labute approximate surface area is 188 Å². The van der Waals surface area contributed by atoms with E-state index in [2.05, 4.69) is 50.4 Å². The highest BCUT2D eigenvalue weighted by Crippen LogP contribution is 2.17. The van der Waals surface area contributed by atoms with Gasteiger partial charge in [0.1, 0.15) is 6.04 Å². The highest BCUT2D eigenvalue weighted by atomic mass is 16.2. The van der Waals surface area contributed by atoms with Gasteiger partial charge in [0.25, 0.3) is 0 Å². The standard InChI is InChI=1S/C27H38N2O2/c1-6-22-12-14-23(15-13-22)16-17-26(30)29(19-24-11-9-8-10-21(24)5)25(7-2)27(31)28-18-20(3)4/h8-15,20,25H,6-7,16-19H2,1-5H3,(H,28,31)/t25-/m1/s1. The number of carbonyl (C=O) groups excluding carboxylic acids is 2. The molecule has 0 aliphatic carbocycles. The summed E-state index contributed by atoms with van der Waals surface area (Å²) in [4.78, 5) is 28.1. The summed E-state index contributed by atoms with van der Waals surface area (Å²) in [5.41, 5.74) is 4.66. The Balaban J connectivity index is 2.18. The number of amides is 2. The molecule has 2 amide bonds. The number of carbonyl (C=O) groups is 2. The van der Waals surface area contributed by atoms with Crippen LogP contribution in [0, 0.1) is 12.8 Å². The lowest BCUT2D eigenvalue weighted by atomic mass is 10.0. The van der Waals surface area contributed by atoms with Crippen LogP contribution < -0.4 is 5.32 Å². The molecule has 4 nitrogen and oxygen atoms in total. The second kappa shape index (κ2) is 12.3. The topological polar surface area (TPSA) is 49.4 Å². The van der Waals surface area contributed by atoms with Crippen molar-refractivity contribution in [2.75, 3.05) is 6.54 Å². The molecule has 2 rings (SSSR count). The first-order valence-corrected chi connectivity index (χ1v) is 11.5. The van der Waals surface area contributed by atoms with Crippen LogP contribution >= 0.6 is 0 Å². The second-order valence-corrected chi connectivity index (χ2v) is 8.68. The van der Waals surface area contributed by atoms with Crippen LogP contribution in [0.5, 0.6) is 0 Å². The molecule has 0 saturated carbocycles. The van der Waals surface area contributed by atoms with Crippen molar-refractivity contribution in [2.24, 2.45) is 5.92 Å². The molecule has 0 fully saturated rings. The van der Waals surface area contributed by atoms with Crippen LogP contribution in [-0.4, -0.2) is 29.3 Å². The molecule has 168 valence electrons. The Hall–Kier alpha value is -2.62. The van der Waals surface area contributed by atoms with Crippen molar-refractivity contribution in [2.45, 2.75) is 72.9 Å². The molecule has 2 aromatic carbocycles. The van der Waals surface area contributed by atoms with Gasteiger partial charge >= 0.3 is 0 Å². The predicted molar refractivity (Wildman–Crippen MR) is 128 cm³/mol. The zero-order valence-electron chi connectivity index (χ0n) is 19.8. The number of nitrogens with one attached hydrogen (secondary N) is 1. The number of hydrogen-bond donors (Lipinski definition) is 1. The van der Waals surface area contributed by atoms with E-state index in [9.17, 15) is 9.59 Å². The van der Waals surface area contributed by atoms with Crippen LogP contribution in [-0.2, 0) is 29.0 Å². The summed E-state index contributed by atoms with van der Waals surface area (Å²) in [5, 5.41) is 3.02. The molecule has 0 aliphatic heterocycles. The summed E-state index contributed by atoms with van der Waals surface area (Å²) in [7, 11) is 0. The average Bonchev–Trinajstić information content (AvgIpc) is 2.77. The highest BCUT2D eigenvalue weighted by Gasteiger charge is 2.28. The van der Waals surface area contributed by atoms with Gasteiger partial charge in [0, 0.05) is 19.5 Å². The van der Waals surface area contributed by atoms with Gasteiger partial charge in [-0.15, -0.1) is 0 Å². The predicted octanol–water partition coefficient (Wildman–Crippen LogP) is 5.07. The Bertz CT molecular complexity index is 843. The maximum atomic E-state index is 13.3. The summed E-state index contributed by atoms with van der Waals surface area (Å²) in [6.45, 7) is 11.4. The third-order valence-electron chi connectivity index (χ3n) is 5.73. The van der Waals surface area contributed by atoms with E-state index < -0.39 is 6.04 Å². The third kappa shape index (κ3) is 7.54. The van der Waals surface area contributed by atoms with Crippen molar-refractivity contribution >= 4 is 11.8 Å². The monoisotopic (exact) mass is 422 g/mol. The molecule has 0 saturated heterocycles. The third-order valence-corrected chi connectivity index (χ3v) is 5.73. The van der Waals surface area contributed by atoms with E-state index in [1.165, 1.54) is 5.56 Å². The van der Waals surface area contributed by atoms with Gasteiger partial charge in [-0.05, 0) is 54.4 Å². The van der Waals surface area contributed by atoms with Crippen molar-refractivity contribution in [3.63, 3.8) is 0 Å². The van der Waals surface area contributed by atoms with Crippen molar-refractivity contribution < 1.29 is 9.59 Å². The number of hydrogen-bond acceptors (Lipinski definition) is 2. The van der Waals surface area contributed by atoms with Crippen molar-refractivity contribution in [3.8, 4) is 0 Å². The van der Waals surface area contributed by atoms with Gasteiger partial charge in [0.05, 0.1) is 0 Å². The van der Waals surface area contributed by atoms with Crippen molar-refractivity contribution in [3.05, 3.63) is 70.8 Å². The van der Waals surface area contributed by atoms with Gasteiger partial charge in [-0.25, -0.2) is 0 Å². The van der Waals surface area contributed by atoms with Crippen LogP contribution in [0.4, 0.5) is 0 Å². The summed E-state index contributed by atoms with van der Waals surface area (Å²) < 4.78 is 0. The minimum atomic E-state index is -0.465. The molecule has 0 aliphatic rings. The van der Waals surface area contributed by atoms with Gasteiger partial charge < -0.3 is 10.2 Å². The first kappa shape index (κ1) is 24.6. The molecular weight excluding hydrogens is 384 g/mol. The lowest BCUT2D eigenvalue weighted by Gasteiger charge is -2.31. The van der Waals surface area contributed by atoms with Crippen LogP contribution in [0.1, 0.15) is 62.8 Å². The van der Waals surface area contributed by atoms with E-state index >= 15 is 0 Å². The quantitative estimate of drug-likeness (QED) is 0.550. The zero-order valence-corrected chi connectivity index (χ0v) is 19.8. The molecule has 31 heavy (non-hydrogen) atoms. The molecule has 1 atom stereocenters. The summed E-state index contributed by atoms with van der Waals surface area (Å²) >= 11 is 0. The summed E-state index contributed by atoms with van der Waals surface area (Å²) in [6.07, 6.45) is 2.67. The van der Waals surface area contributed by atoms with E-state index in [-0.39, 0.29) is 11.8 Å². The van der Waals surface area contributed by atoms with Gasteiger partial charge in [-0.2, -0.15) is 0 Å². The molecule has 2 aromatic rings. The minimum absolute atomic E-state index is 0.0226. The van der Waals surface area contributed by atoms with Gasteiger partial charge in [0.2, 0.25) is 11.8 Å². The Morgan fingerprint density at radius 3 is 2.19 bits per heavy atom. The molecule has 0 unspecified atom stereocenters. The number of benzene rings is 2. The highest BCUT2D eigenvalue weighted by molar-refractivity contribution is 5.87. The van der Waals surface area contributed by atoms with E-state index in [1.54, 1.807) is 4.90 Å². The first-order chi connectivity index (χ1) is 14.8. The summed E-state index contributed by atoms with van der Waals surface area (Å²) in [5.74, 6) is 0.327. The number of aryl methyl sites for hydroxylation is 3. The van der Waals surface area contributed by atoms with Crippen LogP contribution in [0.25, 0.3) is 0 Å². The van der Waals surface area contributed by atoms with E-state index in [1.807, 2.05) is 38.1 Å². The van der Waals surface area contributed by atoms with Crippen LogP contribution in [0.3, 0.4) is 0 Å². The second-order valence-electron chi connectivity index (χ2n) is 8.68. The molecule has 4 heteroatoms. The number of rotatable bonds is 11. The molecular formula is C27H38N2O2. The Kier molecular flexibility index (Phi) is 9.77. The van der Waals surface area contributed by atoms with Crippen molar-refractivity contribution in [1.29, 1.82) is 0 Å². The first-order valence-electron chi connectivity index (χ1n) is 11.5. The minimum Gasteiger partial charge on any atom is -0.354 e. The van der Waals surface area contributed by atoms with Gasteiger partial charge in [0.15, 0.2) is 0 Å². The Morgan fingerprint density at radius 1 is 0.968 bits per heavy atom. The van der Waals surface area contributed by atoms with Crippen LogP contribution in [0.15, 0.2) is 48.5 Å². The van der Waals surface area contributed by atoms with E-state index in [4.69, 9.17) is 0 Å². The largest absolute Gasteiger partial charge is 0.354 e. The maximum Gasteiger partial charge on any atom is 0.242 e. The maximum absolute atomic E-state index is 13.3. The molecule has 0 bridgehead atoms. The fourth-order valence-electron chi connectivity index (χ4n) is 3.65. The fraction of sp³-hybridized carbons (Fsp3) is 0.481. The zero-order chi connectivity index (χ0) is 22.8. The molecule has 0 radical (unpaired) electrons. The summed E-state index contributed by atoms with van der Waals surface area (Å²) in [6, 6.07) is 16.1. The molecule has 0 aromatic heterocycles. The van der Waals surface area contributed by atoms with E-state index in [0.717, 1.165) is 23.1 Å². The molecule has 0 heterocycles. The van der Waals surface area contributed by atoms with Crippen molar-refractivity contribution in [1.82, 2.24) is 10.2 Å². The van der Waals surface area contributed by atoms with Crippen LogP contribution in [0.2, 0.25) is 0 Å². The number of nitrogens with zero attached hydrogens (tertiary/aromatic N) is 1. The van der Waals surface area contributed by atoms with E-state index in [0.29, 0.717) is 38.3 Å². The molecule has 0 spiro atoms. The lowest BCUT2D eigenvalue weighted by molar-refractivity contribution is -0.141. The smallest absolute Gasteiger partial charge is 0.242 e. The normalized spacial score (nSPS) is 11.9. The Morgan fingerprint density at radius 2 is 1.61 bits per heavy atom. The average molecular weight is 423 g/mol. The SMILES string of the molecule is CCc1ccc(CCC(=O)N(Cc2ccccc2C)[C@H](CC)C(=O)NCC(C)C)cc1. The molecule has 1 N–H and O–H groups in total.